The van der Waals surface area contributed by atoms with Gasteiger partial charge in [0.25, 0.3) is 0 Å². The summed E-state index contributed by atoms with van der Waals surface area (Å²) in [4.78, 5) is 13.1. The zero-order valence-corrected chi connectivity index (χ0v) is 24.0. The Hall–Kier alpha value is -3.55. The molecule has 0 saturated carbocycles. The van der Waals surface area contributed by atoms with E-state index in [-0.39, 0.29) is 18.2 Å². The molecule has 0 spiro atoms. The second kappa shape index (κ2) is 15.8. The minimum absolute atomic E-state index is 0. The van der Waals surface area contributed by atoms with Crippen LogP contribution in [0.25, 0.3) is 0 Å². The Morgan fingerprint density at radius 1 is 1.00 bits per heavy atom. The van der Waals surface area contributed by atoms with Gasteiger partial charge >= 0.3 is 5.97 Å². The van der Waals surface area contributed by atoms with Gasteiger partial charge in [-0.15, -0.1) is 12.4 Å². The summed E-state index contributed by atoms with van der Waals surface area (Å²) in [7, 11) is 1.38. The summed E-state index contributed by atoms with van der Waals surface area (Å²) in [6.45, 7) is 7.69. The predicted octanol–water partition coefficient (Wildman–Crippen LogP) is 6.08. The lowest BCUT2D eigenvalue weighted by molar-refractivity contribution is -0.141. The summed E-state index contributed by atoms with van der Waals surface area (Å²) >= 11 is 0. The standard InChI is InChI=1S/C31H39N3O4.ClH/c1-5-22-18-25(17-21(2)3)29(38-16-15-37-20-23-9-7-6-8-10-23)27(19-22)28(31(35)36-4)34-26-13-11-24(12-14-26)30(32)33;/h6-14,18-19,21,28,34H,5,15-17,20H2,1-4H3,(H3,32,33);1H. The minimum atomic E-state index is -0.791. The number of carbonyl (C=O) groups is 1. The Morgan fingerprint density at radius 2 is 1.69 bits per heavy atom. The van der Waals surface area contributed by atoms with Crippen LogP contribution in [0.15, 0.2) is 66.7 Å². The van der Waals surface area contributed by atoms with Gasteiger partial charge < -0.3 is 25.3 Å². The third-order valence-electron chi connectivity index (χ3n) is 6.13. The number of rotatable bonds is 14. The largest absolute Gasteiger partial charge is 0.491 e. The monoisotopic (exact) mass is 553 g/mol. The van der Waals surface area contributed by atoms with Crippen LogP contribution in [0.5, 0.6) is 5.75 Å². The fraction of sp³-hybridized carbons (Fsp3) is 0.355. The minimum Gasteiger partial charge on any atom is -0.491 e. The number of ether oxygens (including phenoxy) is 3. The van der Waals surface area contributed by atoms with Gasteiger partial charge in [-0.2, -0.15) is 0 Å². The van der Waals surface area contributed by atoms with Crippen molar-refractivity contribution in [3.05, 3.63) is 94.5 Å². The van der Waals surface area contributed by atoms with Gasteiger partial charge in [-0.25, -0.2) is 4.79 Å². The molecule has 0 heterocycles. The first-order chi connectivity index (χ1) is 18.3. The highest BCUT2D eigenvalue weighted by molar-refractivity contribution is 5.95. The van der Waals surface area contributed by atoms with Crippen LogP contribution in [0, 0.1) is 11.3 Å². The van der Waals surface area contributed by atoms with Crippen LogP contribution < -0.4 is 15.8 Å². The quantitative estimate of drug-likeness (QED) is 0.0967. The highest BCUT2D eigenvalue weighted by Gasteiger charge is 2.28. The van der Waals surface area contributed by atoms with E-state index < -0.39 is 12.0 Å². The number of carbonyl (C=O) groups excluding carboxylic acids is 1. The van der Waals surface area contributed by atoms with Crippen molar-refractivity contribution in [2.24, 2.45) is 11.7 Å². The number of halogens is 1. The topological polar surface area (TPSA) is 107 Å². The molecule has 0 radical (unpaired) electrons. The van der Waals surface area contributed by atoms with Gasteiger partial charge in [0, 0.05) is 16.8 Å². The number of nitrogens with one attached hydrogen (secondary N) is 2. The molecule has 3 aromatic rings. The fourth-order valence-corrected chi connectivity index (χ4v) is 4.23. The Balaban J connectivity index is 0.00000533. The summed E-state index contributed by atoms with van der Waals surface area (Å²) in [6, 6.07) is 20.5. The number of amidine groups is 1. The molecule has 0 saturated heterocycles. The van der Waals surface area contributed by atoms with Gasteiger partial charge in [0.05, 0.1) is 20.3 Å². The van der Waals surface area contributed by atoms with Crippen molar-refractivity contribution in [2.75, 3.05) is 25.6 Å². The van der Waals surface area contributed by atoms with Crippen molar-refractivity contribution in [3.8, 4) is 5.75 Å². The zero-order chi connectivity index (χ0) is 27.5. The first kappa shape index (κ1) is 31.7. The smallest absolute Gasteiger partial charge is 0.333 e. The first-order valence-corrected chi connectivity index (χ1v) is 13.0. The number of anilines is 1. The van der Waals surface area contributed by atoms with Crippen LogP contribution in [-0.2, 0) is 33.7 Å². The Labute approximate surface area is 238 Å². The van der Waals surface area contributed by atoms with Crippen molar-refractivity contribution in [2.45, 2.75) is 46.3 Å². The lowest BCUT2D eigenvalue weighted by Crippen LogP contribution is -2.24. The molecule has 1 unspecified atom stereocenters. The summed E-state index contributed by atoms with van der Waals surface area (Å²) in [6.07, 6.45) is 1.63. The van der Waals surface area contributed by atoms with Crippen LogP contribution in [0.2, 0.25) is 0 Å². The second-order valence-corrected chi connectivity index (χ2v) is 9.60. The van der Waals surface area contributed by atoms with E-state index >= 15 is 0 Å². The molecule has 0 amide bonds. The predicted molar refractivity (Wildman–Crippen MR) is 159 cm³/mol. The maximum absolute atomic E-state index is 13.1. The molecule has 0 fully saturated rings. The van der Waals surface area contributed by atoms with Crippen LogP contribution >= 0.6 is 12.4 Å². The lowest BCUT2D eigenvalue weighted by atomic mass is 9.92. The van der Waals surface area contributed by atoms with E-state index in [1.807, 2.05) is 36.4 Å². The van der Waals surface area contributed by atoms with E-state index in [0.717, 1.165) is 35.1 Å². The molecular formula is C31H40ClN3O4. The molecule has 8 heteroatoms. The third-order valence-corrected chi connectivity index (χ3v) is 6.13. The molecule has 0 aliphatic rings. The highest BCUT2D eigenvalue weighted by Crippen LogP contribution is 2.35. The molecule has 39 heavy (non-hydrogen) atoms. The summed E-state index contributed by atoms with van der Waals surface area (Å²) < 4.78 is 17.4. The van der Waals surface area contributed by atoms with E-state index in [1.165, 1.54) is 7.11 Å². The number of hydrogen-bond acceptors (Lipinski definition) is 6. The second-order valence-electron chi connectivity index (χ2n) is 9.60. The zero-order valence-electron chi connectivity index (χ0n) is 23.2. The molecule has 3 aromatic carbocycles. The Kier molecular flexibility index (Phi) is 12.8. The number of methoxy groups -OCH3 is 1. The molecule has 1 atom stereocenters. The third kappa shape index (κ3) is 9.30. The number of hydrogen-bond donors (Lipinski definition) is 3. The highest BCUT2D eigenvalue weighted by atomic mass is 35.5. The number of aryl methyl sites for hydroxylation is 1. The van der Waals surface area contributed by atoms with Crippen molar-refractivity contribution < 1.29 is 19.0 Å². The number of benzene rings is 3. The molecule has 3 rings (SSSR count). The summed E-state index contributed by atoms with van der Waals surface area (Å²) in [5, 5.41) is 10.9. The average molecular weight is 554 g/mol. The lowest BCUT2D eigenvalue weighted by Gasteiger charge is -2.25. The summed E-state index contributed by atoms with van der Waals surface area (Å²) in [5.41, 5.74) is 10.9. The molecular weight excluding hydrogens is 514 g/mol. The molecule has 0 bridgehead atoms. The maximum Gasteiger partial charge on any atom is 0.333 e. The molecule has 0 aromatic heterocycles. The van der Waals surface area contributed by atoms with Crippen molar-refractivity contribution >= 4 is 29.9 Å². The van der Waals surface area contributed by atoms with Gasteiger partial charge in [-0.1, -0.05) is 57.2 Å². The van der Waals surface area contributed by atoms with Crippen molar-refractivity contribution in [3.63, 3.8) is 0 Å². The van der Waals surface area contributed by atoms with Crippen LogP contribution in [0.4, 0.5) is 5.69 Å². The number of nitrogens with two attached hydrogens (primary N) is 1. The SMILES string of the molecule is CCc1cc(CC(C)C)c(OCCOCc2ccccc2)c(C(Nc2ccc(C(=N)N)cc2)C(=O)OC)c1.Cl. The van der Waals surface area contributed by atoms with Gasteiger partial charge in [0.15, 0.2) is 6.04 Å². The molecule has 7 nitrogen and oxygen atoms in total. The molecule has 4 N–H and O–H groups in total. The molecule has 0 aliphatic heterocycles. The van der Waals surface area contributed by atoms with Gasteiger partial charge in [-0.05, 0) is 65.8 Å². The summed E-state index contributed by atoms with van der Waals surface area (Å²) in [5.74, 6) is 0.646. The van der Waals surface area contributed by atoms with E-state index in [0.29, 0.717) is 42.7 Å². The van der Waals surface area contributed by atoms with Gasteiger partial charge in [0.1, 0.15) is 18.2 Å². The number of nitrogen functional groups attached to an aromatic ring is 1. The van der Waals surface area contributed by atoms with Crippen molar-refractivity contribution in [1.82, 2.24) is 0 Å². The maximum atomic E-state index is 13.1. The van der Waals surface area contributed by atoms with E-state index in [2.05, 4.69) is 32.2 Å². The van der Waals surface area contributed by atoms with E-state index in [4.69, 9.17) is 25.4 Å². The average Bonchev–Trinajstić information content (AvgIpc) is 2.92. The molecule has 210 valence electrons. The molecule has 0 aliphatic carbocycles. The van der Waals surface area contributed by atoms with Crippen LogP contribution in [-0.4, -0.2) is 32.1 Å². The first-order valence-electron chi connectivity index (χ1n) is 13.0. The fourth-order valence-electron chi connectivity index (χ4n) is 4.23. The Bertz CT molecular complexity index is 1200. The normalized spacial score (nSPS) is 11.4. The van der Waals surface area contributed by atoms with Crippen molar-refractivity contribution in [1.29, 1.82) is 5.41 Å². The van der Waals surface area contributed by atoms with Gasteiger partial charge in [-0.3, -0.25) is 5.41 Å². The van der Waals surface area contributed by atoms with E-state index in [1.54, 1.807) is 24.3 Å². The van der Waals surface area contributed by atoms with Gasteiger partial charge in [0.2, 0.25) is 0 Å². The number of esters is 1. The Morgan fingerprint density at radius 3 is 2.28 bits per heavy atom. The van der Waals surface area contributed by atoms with Crippen LogP contribution in [0.3, 0.4) is 0 Å². The van der Waals surface area contributed by atoms with E-state index in [9.17, 15) is 4.79 Å². The van der Waals surface area contributed by atoms with Crippen LogP contribution in [0.1, 0.15) is 54.6 Å².